The molecule has 2 aliphatic rings. The third-order valence-electron chi connectivity index (χ3n) is 6.33. The average Bonchev–Trinajstić information content (AvgIpc) is 2.88. The van der Waals surface area contributed by atoms with Gasteiger partial charge in [0.05, 0.1) is 16.2 Å². The Labute approximate surface area is 197 Å². The van der Waals surface area contributed by atoms with Gasteiger partial charge in [-0.2, -0.15) is 0 Å². The van der Waals surface area contributed by atoms with Crippen LogP contribution in [0.1, 0.15) is 30.1 Å². The number of aromatic nitrogens is 2. The van der Waals surface area contributed by atoms with Gasteiger partial charge < -0.3 is 19.4 Å². The molecule has 0 spiro atoms. The number of anilines is 2. The van der Waals surface area contributed by atoms with Gasteiger partial charge in [-0.15, -0.1) is 0 Å². The molecule has 11 nitrogen and oxygen atoms in total. The molecule has 180 valence electrons. The molecule has 0 unspecified atom stereocenters. The van der Waals surface area contributed by atoms with Crippen LogP contribution in [0, 0.1) is 16.0 Å². The number of rotatable bonds is 6. The molecule has 11 heteroatoms. The lowest BCUT2D eigenvalue weighted by atomic mass is 9.98. The summed E-state index contributed by atoms with van der Waals surface area (Å²) in [5.74, 6) is 0.172. The van der Waals surface area contributed by atoms with E-state index in [-0.39, 0.29) is 17.2 Å². The molecule has 2 aromatic rings. The summed E-state index contributed by atoms with van der Waals surface area (Å²) < 4.78 is 5.32. The summed E-state index contributed by atoms with van der Waals surface area (Å²) in [7, 11) is 0. The van der Waals surface area contributed by atoms with E-state index in [1.54, 1.807) is 29.4 Å². The summed E-state index contributed by atoms with van der Waals surface area (Å²) in [4.78, 5) is 50.4. The van der Waals surface area contributed by atoms with Crippen LogP contribution in [0.4, 0.5) is 17.3 Å². The second kappa shape index (κ2) is 10.4. The van der Waals surface area contributed by atoms with Crippen molar-refractivity contribution in [1.82, 2.24) is 14.9 Å². The van der Waals surface area contributed by atoms with E-state index in [9.17, 15) is 19.7 Å². The maximum Gasteiger partial charge on any atom is 0.341 e. The van der Waals surface area contributed by atoms with Crippen molar-refractivity contribution in [3.8, 4) is 0 Å². The Hall–Kier alpha value is -3.76. The number of hydrogen-bond donors (Lipinski definition) is 0. The number of non-ortho nitro benzene ring substituents is 1. The quantitative estimate of drug-likeness (QED) is 0.356. The summed E-state index contributed by atoms with van der Waals surface area (Å²) in [6, 6.07) is 5.97. The predicted molar refractivity (Wildman–Crippen MR) is 125 cm³/mol. The molecule has 2 aliphatic heterocycles. The second-order valence-corrected chi connectivity index (χ2v) is 8.62. The van der Waals surface area contributed by atoms with Crippen molar-refractivity contribution in [2.45, 2.75) is 19.8 Å². The first-order valence-corrected chi connectivity index (χ1v) is 11.4. The van der Waals surface area contributed by atoms with Gasteiger partial charge in [-0.1, -0.05) is 6.92 Å². The molecule has 0 saturated carbocycles. The van der Waals surface area contributed by atoms with Gasteiger partial charge in [0.25, 0.3) is 11.6 Å². The normalized spacial score (nSPS) is 16.9. The predicted octanol–water partition coefficient (Wildman–Crippen LogP) is 2.13. The lowest BCUT2D eigenvalue weighted by Gasteiger charge is -2.34. The molecule has 1 aromatic heterocycles. The lowest BCUT2D eigenvalue weighted by molar-refractivity contribution is -0.384. The number of nitro groups is 1. The van der Waals surface area contributed by atoms with Crippen LogP contribution in [0.25, 0.3) is 0 Å². The van der Waals surface area contributed by atoms with E-state index in [4.69, 9.17) is 4.74 Å². The molecule has 0 aliphatic carbocycles. The Morgan fingerprint density at radius 2 is 1.74 bits per heavy atom. The second-order valence-electron chi connectivity index (χ2n) is 8.62. The fourth-order valence-corrected chi connectivity index (χ4v) is 4.23. The Balaban J connectivity index is 1.38. The number of ether oxygens (including phenoxy) is 1. The minimum atomic E-state index is -0.734. The van der Waals surface area contributed by atoms with Crippen LogP contribution < -0.4 is 9.80 Å². The summed E-state index contributed by atoms with van der Waals surface area (Å²) in [5.41, 5.74) is 0.528. The molecular weight excluding hydrogens is 440 g/mol. The number of hydrogen-bond acceptors (Lipinski definition) is 9. The third kappa shape index (κ3) is 5.41. The maximum absolute atomic E-state index is 12.9. The SMILES string of the molecule is CC1CCN(c2ccc([N+](=O)[O-])cc2C(=O)OCC(=O)N2CCN(c3ncccn3)CC2)CC1. The molecule has 1 aromatic carbocycles. The van der Waals surface area contributed by atoms with Crippen LogP contribution in [-0.4, -0.2) is 77.5 Å². The van der Waals surface area contributed by atoms with Crippen LogP contribution in [0.15, 0.2) is 36.7 Å². The molecule has 2 saturated heterocycles. The number of benzene rings is 1. The number of nitrogens with zero attached hydrogens (tertiary/aromatic N) is 6. The molecule has 0 atom stereocenters. The molecule has 3 heterocycles. The first-order chi connectivity index (χ1) is 16.4. The van der Waals surface area contributed by atoms with E-state index < -0.39 is 17.5 Å². The van der Waals surface area contributed by atoms with E-state index in [1.165, 1.54) is 12.1 Å². The Morgan fingerprint density at radius 3 is 2.38 bits per heavy atom. The van der Waals surface area contributed by atoms with Crippen molar-refractivity contribution >= 4 is 29.2 Å². The van der Waals surface area contributed by atoms with Crippen LogP contribution in [0.2, 0.25) is 0 Å². The fourth-order valence-electron chi connectivity index (χ4n) is 4.23. The highest BCUT2D eigenvalue weighted by atomic mass is 16.6. The molecule has 0 radical (unpaired) electrons. The largest absolute Gasteiger partial charge is 0.452 e. The first-order valence-electron chi connectivity index (χ1n) is 11.4. The minimum absolute atomic E-state index is 0.114. The topological polar surface area (TPSA) is 122 Å². The van der Waals surface area contributed by atoms with Crippen LogP contribution >= 0.6 is 0 Å². The highest BCUT2D eigenvalue weighted by molar-refractivity contribution is 5.97. The van der Waals surface area contributed by atoms with Gasteiger partial charge in [-0.3, -0.25) is 14.9 Å². The molecule has 0 N–H and O–H groups in total. The highest BCUT2D eigenvalue weighted by Crippen LogP contribution is 2.30. The molecule has 0 bridgehead atoms. The molecular formula is C23H28N6O5. The molecule has 1 amide bonds. The number of piperidine rings is 1. The first kappa shape index (κ1) is 23.4. The smallest absolute Gasteiger partial charge is 0.341 e. The van der Waals surface area contributed by atoms with Gasteiger partial charge in [0.15, 0.2) is 6.61 Å². The van der Waals surface area contributed by atoms with Crippen LogP contribution in [0.5, 0.6) is 0 Å². The van der Waals surface area contributed by atoms with Crippen molar-refractivity contribution in [3.05, 3.63) is 52.3 Å². The van der Waals surface area contributed by atoms with E-state index in [0.29, 0.717) is 43.7 Å². The number of amides is 1. The number of piperazine rings is 1. The fraction of sp³-hybridized carbons (Fsp3) is 0.478. The number of esters is 1. The Morgan fingerprint density at radius 1 is 1.06 bits per heavy atom. The maximum atomic E-state index is 12.9. The van der Waals surface area contributed by atoms with Crippen LogP contribution in [0.3, 0.4) is 0 Å². The minimum Gasteiger partial charge on any atom is -0.452 e. The van der Waals surface area contributed by atoms with Gasteiger partial charge in [0, 0.05) is 63.8 Å². The zero-order chi connectivity index (χ0) is 24.1. The van der Waals surface area contributed by atoms with E-state index in [0.717, 1.165) is 25.9 Å². The van der Waals surface area contributed by atoms with Crippen molar-refractivity contribution in [3.63, 3.8) is 0 Å². The third-order valence-corrected chi connectivity index (χ3v) is 6.33. The van der Waals surface area contributed by atoms with Gasteiger partial charge in [-0.05, 0) is 30.9 Å². The monoisotopic (exact) mass is 468 g/mol. The molecule has 34 heavy (non-hydrogen) atoms. The van der Waals surface area contributed by atoms with Crippen LogP contribution in [-0.2, 0) is 9.53 Å². The molecule has 4 rings (SSSR count). The van der Waals surface area contributed by atoms with Gasteiger partial charge in [-0.25, -0.2) is 14.8 Å². The van der Waals surface area contributed by atoms with Crippen molar-refractivity contribution < 1.29 is 19.2 Å². The van der Waals surface area contributed by atoms with E-state index in [1.807, 2.05) is 9.80 Å². The van der Waals surface area contributed by atoms with Crippen molar-refractivity contribution in [2.24, 2.45) is 5.92 Å². The lowest BCUT2D eigenvalue weighted by Crippen LogP contribution is -2.50. The summed E-state index contributed by atoms with van der Waals surface area (Å²) in [6.07, 6.45) is 5.30. The molecule has 2 fully saturated rings. The van der Waals surface area contributed by atoms with Crippen molar-refractivity contribution in [1.29, 1.82) is 0 Å². The van der Waals surface area contributed by atoms with Gasteiger partial charge >= 0.3 is 5.97 Å². The van der Waals surface area contributed by atoms with Gasteiger partial charge in [0.1, 0.15) is 0 Å². The number of carbonyl (C=O) groups excluding carboxylic acids is 2. The Kier molecular flexibility index (Phi) is 7.19. The zero-order valence-electron chi connectivity index (χ0n) is 19.1. The highest BCUT2D eigenvalue weighted by Gasteiger charge is 2.27. The van der Waals surface area contributed by atoms with E-state index >= 15 is 0 Å². The van der Waals surface area contributed by atoms with Gasteiger partial charge in [0.2, 0.25) is 5.95 Å². The standard InChI is InChI=1S/C23H28N6O5/c1-17-5-9-26(10-6-17)20-4-3-18(29(32)33)15-19(20)22(31)34-16-21(30)27-11-13-28(14-12-27)23-24-7-2-8-25-23/h2-4,7-8,15,17H,5-6,9-14,16H2,1H3. The number of nitro benzene ring substituents is 1. The summed E-state index contributed by atoms with van der Waals surface area (Å²) in [6.45, 7) is 5.35. The Bertz CT molecular complexity index is 1030. The number of carbonyl (C=O) groups is 2. The average molecular weight is 469 g/mol. The summed E-state index contributed by atoms with van der Waals surface area (Å²) >= 11 is 0. The van der Waals surface area contributed by atoms with Crippen molar-refractivity contribution in [2.75, 3.05) is 55.7 Å². The summed E-state index contributed by atoms with van der Waals surface area (Å²) in [5, 5.41) is 11.3. The van der Waals surface area contributed by atoms with E-state index in [2.05, 4.69) is 16.9 Å². The zero-order valence-corrected chi connectivity index (χ0v) is 19.1.